The third-order valence-electron chi connectivity index (χ3n) is 1.97. The lowest BCUT2D eigenvalue weighted by atomic mass is 9.97. The van der Waals surface area contributed by atoms with Gasteiger partial charge in [-0.3, -0.25) is 4.99 Å². The molecule has 1 aliphatic heterocycles. The van der Waals surface area contributed by atoms with E-state index in [0.717, 1.165) is 5.70 Å². The van der Waals surface area contributed by atoms with Gasteiger partial charge in [0.15, 0.2) is 0 Å². The van der Waals surface area contributed by atoms with Crippen molar-refractivity contribution >= 4 is 23.0 Å². The van der Waals surface area contributed by atoms with E-state index in [1.54, 1.807) is 6.20 Å². The van der Waals surface area contributed by atoms with E-state index < -0.39 is 0 Å². The predicted molar refractivity (Wildman–Crippen MR) is 58.5 cm³/mol. The van der Waals surface area contributed by atoms with Crippen LogP contribution in [0.2, 0.25) is 0 Å². The van der Waals surface area contributed by atoms with E-state index in [2.05, 4.69) is 23.8 Å². The van der Waals surface area contributed by atoms with Gasteiger partial charge < -0.3 is 0 Å². The topological polar surface area (TPSA) is 24.7 Å². The zero-order valence-electron chi connectivity index (χ0n) is 8.50. The van der Waals surface area contributed by atoms with Crippen molar-refractivity contribution in [3.05, 3.63) is 11.9 Å². The van der Waals surface area contributed by atoms with Gasteiger partial charge in [-0.15, -0.1) is 0 Å². The summed E-state index contributed by atoms with van der Waals surface area (Å²) in [6, 6.07) is 0. The van der Waals surface area contributed by atoms with Crippen LogP contribution >= 0.6 is 11.6 Å². The van der Waals surface area contributed by atoms with Crippen LogP contribution in [0.15, 0.2) is 21.9 Å². The molecule has 3 heteroatoms. The Morgan fingerprint density at radius 3 is 2.54 bits per heavy atom. The summed E-state index contributed by atoms with van der Waals surface area (Å²) >= 11 is 6.00. The van der Waals surface area contributed by atoms with Crippen molar-refractivity contribution in [3.8, 4) is 0 Å². The molecule has 0 fully saturated rings. The monoisotopic (exact) mass is 198 g/mol. The van der Waals surface area contributed by atoms with E-state index in [9.17, 15) is 0 Å². The average molecular weight is 199 g/mol. The number of hydrogen-bond donors (Lipinski definition) is 0. The third kappa shape index (κ3) is 2.41. The molecule has 0 amide bonds. The van der Waals surface area contributed by atoms with Crippen LogP contribution in [0, 0.1) is 11.3 Å². The maximum Gasteiger partial charge on any atom is 0.117 e. The highest BCUT2D eigenvalue weighted by molar-refractivity contribution is 6.68. The molecule has 0 bridgehead atoms. The summed E-state index contributed by atoms with van der Waals surface area (Å²) in [7, 11) is 0. The largest absolute Gasteiger partial charge is 0.263 e. The van der Waals surface area contributed by atoms with E-state index in [1.165, 1.54) is 0 Å². The molecule has 0 aromatic rings. The van der Waals surface area contributed by atoms with Crippen molar-refractivity contribution in [2.75, 3.05) is 0 Å². The molecule has 1 aliphatic rings. The fraction of sp³-hybridized carbons (Fsp3) is 0.600. The summed E-state index contributed by atoms with van der Waals surface area (Å²) in [5.41, 5.74) is 0.734. The highest BCUT2D eigenvalue weighted by Gasteiger charge is 2.22. The quantitative estimate of drug-likeness (QED) is 0.618. The van der Waals surface area contributed by atoms with E-state index in [4.69, 9.17) is 11.6 Å². The number of rotatable bonds is 1. The van der Waals surface area contributed by atoms with E-state index >= 15 is 0 Å². The molecule has 0 spiro atoms. The summed E-state index contributed by atoms with van der Waals surface area (Å²) in [4.78, 5) is 8.54. The molecule has 0 N–H and O–H groups in total. The summed E-state index contributed by atoms with van der Waals surface area (Å²) in [6.07, 6.45) is 3.61. The van der Waals surface area contributed by atoms with Crippen LogP contribution in [0.25, 0.3) is 0 Å². The lowest BCUT2D eigenvalue weighted by Gasteiger charge is -2.14. The minimum atomic E-state index is -0.241. The second kappa shape index (κ2) is 3.62. The highest BCUT2D eigenvalue weighted by Crippen LogP contribution is 2.23. The highest BCUT2D eigenvalue weighted by atomic mass is 35.5. The summed E-state index contributed by atoms with van der Waals surface area (Å²) in [6.45, 7) is 8.18. The second-order valence-corrected chi connectivity index (χ2v) is 4.47. The van der Waals surface area contributed by atoms with Crippen LogP contribution in [-0.4, -0.2) is 11.4 Å². The van der Waals surface area contributed by atoms with Crippen LogP contribution in [0.3, 0.4) is 0 Å². The first-order valence-corrected chi connectivity index (χ1v) is 4.80. The maximum atomic E-state index is 6.00. The first kappa shape index (κ1) is 10.5. The molecule has 0 aromatic carbocycles. The Morgan fingerprint density at radius 1 is 1.38 bits per heavy atom. The van der Waals surface area contributed by atoms with Crippen LogP contribution in [-0.2, 0) is 0 Å². The van der Waals surface area contributed by atoms with Gasteiger partial charge in [0.05, 0.1) is 11.1 Å². The van der Waals surface area contributed by atoms with Gasteiger partial charge in [-0.25, -0.2) is 4.99 Å². The smallest absolute Gasteiger partial charge is 0.117 e. The number of allylic oxidation sites excluding steroid dienone is 1. The van der Waals surface area contributed by atoms with E-state index in [-0.39, 0.29) is 5.41 Å². The molecule has 2 nitrogen and oxygen atoms in total. The van der Waals surface area contributed by atoms with Crippen molar-refractivity contribution in [1.82, 2.24) is 0 Å². The van der Waals surface area contributed by atoms with Crippen LogP contribution in [0.5, 0.6) is 0 Å². The van der Waals surface area contributed by atoms with Gasteiger partial charge in [0.25, 0.3) is 0 Å². The molecular formula is C10H15ClN2. The van der Waals surface area contributed by atoms with Gasteiger partial charge in [0.2, 0.25) is 0 Å². The van der Waals surface area contributed by atoms with Gasteiger partial charge in [-0.05, 0) is 19.8 Å². The Morgan fingerprint density at radius 2 is 2.00 bits per heavy atom. The number of hydrogen-bond acceptors (Lipinski definition) is 2. The molecule has 0 aliphatic carbocycles. The Labute approximate surface area is 84.4 Å². The number of halogens is 1. The first-order chi connectivity index (χ1) is 5.93. The molecule has 0 radical (unpaired) electrons. The zero-order chi connectivity index (χ0) is 10.1. The summed E-state index contributed by atoms with van der Waals surface area (Å²) < 4.78 is 0. The Hall–Kier alpha value is -0.630. The zero-order valence-corrected chi connectivity index (χ0v) is 9.26. The first-order valence-electron chi connectivity index (χ1n) is 4.42. The van der Waals surface area contributed by atoms with Crippen molar-refractivity contribution in [2.24, 2.45) is 21.3 Å². The lowest BCUT2D eigenvalue weighted by Crippen LogP contribution is -2.20. The molecule has 0 saturated heterocycles. The summed E-state index contributed by atoms with van der Waals surface area (Å²) in [5, 5.41) is 0.590. The van der Waals surface area contributed by atoms with Crippen molar-refractivity contribution in [2.45, 2.75) is 27.7 Å². The molecular weight excluding hydrogens is 184 g/mol. The Balaban J connectivity index is 3.01. The van der Waals surface area contributed by atoms with Gasteiger partial charge in [0, 0.05) is 12.4 Å². The SMILES string of the molecule is CC(C)C1=CN=C(Cl)C(C)(C)C=N1. The molecule has 13 heavy (non-hydrogen) atoms. The van der Waals surface area contributed by atoms with Crippen LogP contribution in [0.4, 0.5) is 0 Å². The van der Waals surface area contributed by atoms with E-state index in [1.807, 2.05) is 20.1 Å². The number of nitrogens with zero attached hydrogens (tertiary/aromatic N) is 2. The van der Waals surface area contributed by atoms with Gasteiger partial charge in [0.1, 0.15) is 5.17 Å². The Kier molecular flexibility index (Phi) is 2.91. The molecule has 0 unspecified atom stereocenters. The molecule has 0 saturated carbocycles. The molecule has 1 rings (SSSR count). The Bertz CT molecular complexity index is 285. The molecule has 72 valence electrons. The van der Waals surface area contributed by atoms with Gasteiger partial charge >= 0.3 is 0 Å². The van der Waals surface area contributed by atoms with Crippen LogP contribution in [0.1, 0.15) is 27.7 Å². The second-order valence-electron chi connectivity index (χ2n) is 4.11. The fourth-order valence-corrected chi connectivity index (χ4v) is 1.01. The standard InChI is InChI=1S/C10H15ClN2/c1-7(2)8-5-12-9(11)10(3,4)6-13-8/h5-7H,1-4H3. The molecule has 1 heterocycles. The minimum absolute atomic E-state index is 0.241. The van der Waals surface area contributed by atoms with Crippen molar-refractivity contribution in [1.29, 1.82) is 0 Å². The minimum Gasteiger partial charge on any atom is -0.263 e. The van der Waals surface area contributed by atoms with Crippen molar-refractivity contribution < 1.29 is 0 Å². The van der Waals surface area contributed by atoms with Crippen molar-refractivity contribution in [3.63, 3.8) is 0 Å². The van der Waals surface area contributed by atoms with E-state index in [0.29, 0.717) is 11.1 Å². The van der Waals surface area contributed by atoms with Gasteiger partial charge in [-0.2, -0.15) is 0 Å². The fourth-order valence-electron chi connectivity index (χ4n) is 0.910. The average Bonchev–Trinajstić information content (AvgIpc) is 2.13. The molecule has 0 atom stereocenters. The molecule has 0 aromatic heterocycles. The number of aliphatic imine (C=N–C) groups is 2. The maximum absolute atomic E-state index is 6.00. The normalized spacial score (nSPS) is 21.1. The summed E-state index contributed by atoms with van der Waals surface area (Å²) in [5.74, 6) is 0.387. The lowest BCUT2D eigenvalue weighted by molar-refractivity contribution is 0.740. The predicted octanol–water partition coefficient (Wildman–Crippen LogP) is 3.23. The third-order valence-corrected chi connectivity index (χ3v) is 2.55. The van der Waals surface area contributed by atoms with Gasteiger partial charge in [-0.1, -0.05) is 25.4 Å². The van der Waals surface area contributed by atoms with Crippen LogP contribution < -0.4 is 0 Å².